The summed E-state index contributed by atoms with van der Waals surface area (Å²) in [4.78, 5) is 23.3. The molecule has 2 rings (SSSR count). The number of hydrogen-bond acceptors (Lipinski definition) is 3. The van der Waals surface area contributed by atoms with Gasteiger partial charge in [0.05, 0.1) is 0 Å². The molecular formula is C19H22N2O3. The number of anilines is 2. The number of aryl methyl sites for hydroxylation is 2. The van der Waals surface area contributed by atoms with Crippen molar-refractivity contribution in [2.75, 3.05) is 10.6 Å². The summed E-state index contributed by atoms with van der Waals surface area (Å²) in [6.07, 6.45) is -0.642. The fraction of sp³-hybridized carbons (Fsp3) is 0.263. The number of carbonyl (C=O) groups excluding carboxylic acids is 2. The van der Waals surface area contributed by atoms with Crippen LogP contribution in [0.4, 0.5) is 11.4 Å². The van der Waals surface area contributed by atoms with Gasteiger partial charge in [0.25, 0.3) is 5.91 Å². The predicted molar refractivity (Wildman–Crippen MR) is 95.4 cm³/mol. The van der Waals surface area contributed by atoms with Gasteiger partial charge >= 0.3 is 0 Å². The standard InChI is InChI=1S/C19H22N2O3/c1-12-5-6-13(2)18(11-12)21-19(23)14(3)24-17-9-7-16(8-10-17)20-15(4)22/h5-11,14H,1-4H3,(H,20,22)(H,21,23). The van der Waals surface area contributed by atoms with Crippen LogP contribution in [0, 0.1) is 13.8 Å². The summed E-state index contributed by atoms with van der Waals surface area (Å²) in [5.41, 5.74) is 3.55. The Labute approximate surface area is 142 Å². The van der Waals surface area contributed by atoms with E-state index in [0.29, 0.717) is 11.4 Å². The Morgan fingerprint density at radius 1 is 1.00 bits per heavy atom. The van der Waals surface area contributed by atoms with Crippen molar-refractivity contribution in [2.45, 2.75) is 33.8 Å². The van der Waals surface area contributed by atoms with E-state index in [4.69, 9.17) is 4.74 Å². The van der Waals surface area contributed by atoms with E-state index in [-0.39, 0.29) is 11.8 Å². The third-order valence-corrected chi connectivity index (χ3v) is 3.51. The summed E-state index contributed by atoms with van der Waals surface area (Å²) < 4.78 is 5.65. The summed E-state index contributed by atoms with van der Waals surface area (Å²) >= 11 is 0. The van der Waals surface area contributed by atoms with Crippen LogP contribution in [0.3, 0.4) is 0 Å². The van der Waals surface area contributed by atoms with Gasteiger partial charge in [0.15, 0.2) is 6.10 Å². The number of benzene rings is 2. The Bertz CT molecular complexity index is 739. The highest BCUT2D eigenvalue weighted by molar-refractivity contribution is 5.94. The second kappa shape index (κ2) is 7.64. The summed E-state index contributed by atoms with van der Waals surface area (Å²) in [6.45, 7) is 7.07. The van der Waals surface area contributed by atoms with E-state index in [1.807, 2.05) is 32.0 Å². The smallest absolute Gasteiger partial charge is 0.265 e. The molecule has 1 unspecified atom stereocenters. The molecule has 2 N–H and O–H groups in total. The molecule has 0 bridgehead atoms. The fourth-order valence-electron chi connectivity index (χ4n) is 2.18. The minimum Gasteiger partial charge on any atom is -0.481 e. The van der Waals surface area contributed by atoms with Crippen LogP contribution in [0.2, 0.25) is 0 Å². The van der Waals surface area contributed by atoms with Crippen molar-refractivity contribution in [3.63, 3.8) is 0 Å². The summed E-state index contributed by atoms with van der Waals surface area (Å²) in [5, 5.41) is 5.57. The first-order valence-electron chi connectivity index (χ1n) is 7.77. The van der Waals surface area contributed by atoms with Crippen LogP contribution >= 0.6 is 0 Å². The van der Waals surface area contributed by atoms with Gasteiger partial charge in [-0.3, -0.25) is 9.59 Å². The molecule has 1 atom stereocenters. The van der Waals surface area contributed by atoms with Crippen LogP contribution in [0.15, 0.2) is 42.5 Å². The van der Waals surface area contributed by atoms with E-state index in [2.05, 4.69) is 10.6 Å². The third-order valence-electron chi connectivity index (χ3n) is 3.51. The van der Waals surface area contributed by atoms with Crippen molar-refractivity contribution in [1.82, 2.24) is 0 Å². The van der Waals surface area contributed by atoms with Gasteiger partial charge in [-0.05, 0) is 62.2 Å². The van der Waals surface area contributed by atoms with E-state index in [1.54, 1.807) is 31.2 Å². The Morgan fingerprint density at radius 3 is 2.29 bits per heavy atom. The van der Waals surface area contributed by atoms with Crippen molar-refractivity contribution in [1.29, 1.82) is 0 Å². The van der Waals surface area contributed by atoms with Gasteiger partial charge in [0.2, 0.25) is 5.91 Å². The molecule has 2 aromatic rings. The highest BCUT2D eigenvalue weighted by Crippen LogP contribution is 2.19. The monoisotopic (exact) mass is 326 g/mol. The Kier molecular flexibility index (Phi) is 5.58. The van der Waals surface area contributed by atoms with Gasteiger partial charge in [0.1, 0.15) is 5.75 Å². The molecule has 0 aromatic heterocycles. The lowest BCUT2D eigenvalue weighted by Crippen LogP contribution is -2.30. The van der Waals surface area contributed by atoms with E-state index in [0.717, 1.165) is 16.8 Å². The van der Waals surface area contributed by atoms with Crippen molar-refractivity contribution in [3.8, 4) is 5.75 Å². The molecule has 2 amide bonds. The molecule has 0 heterocycles. The maximum Gasteiger partial charge on any atom is 0.265 e. The summed E-state index contributed by atoms with van der Waals surface area (Å²) in [5.74, 6) is 0.215. The van der Waals surface area contributed by atoms with Crippen molar-refractivity contribution in [2.24, 2.45) is 0 Å². The van der Waals surface area contributed by atoms with Crippen molar-refractivity contribution in [3.05, 3.63) is 53.6 Å². The lowest BCUT2D eigenvalue weighted by atomic mass is 10.1. The maximum absolute atomic E-state index is 12.3. The average Bonchev–Trinajstić information content (AvgIpc) is 2.52. The summed E-state index contributed by atoms with van der Waals surface area (Å²) in [7, 11) is 0. The largest absolute Gasteiger partial charge is 0.481 e. The molecule has 0 spiro atoms. The van der Waals surface area contributed by atoms with Crippen LogP contribution in [0.25, 0.3) is 0 Å². The average molecular weight is 326 g/mol. The topological polar surface area (TPSA) is 67.4 Å². The highest BCUT2D eigenvalue weighted by atomic mass is 16.5. The van der Waals surface area contributed by atoms with Crippen molar-refractivity contribution < 1.29 is 14.3 Å². The van der Waals surface area contributed by atoms with Crippen LogP contribution in [0.1, 0.15) is 25.0 Å². The first kappa shape index (κ1) is 17.5. The Hall–Kier alpha value is -2.82. The molecule has 0 fully saturated rings. The normalized spacial score (nSPS) is 11.5. The molecule has 24 heavy (non-hydrogen) atoms. The predicted octanol–water partition coefficient (Wildman–Crippen LogP) is 3.67. The SMILES string of the molecule is CC(=O)Nc1ccc(OC(C)C(=O)Nc2cc(C)ccc2C)cc1. The van der Waals surface area contributed by atoms with Gasteiger partial charge in [-0.25, -0.2) is 0 Å². The second-order valence-electron chi connectivity index (χ2n) is 5.77. The van der Waals surface area contributed by atoms with Gasteiger partial charge in [-0.1, -0.05) is 12.1 Å². The zero-order valence-corrected chi connectivity index (χ0v) is 14.3. The minimum absolute atomic E-state index is 0.134. The lowest BCUT2D eigenvalue weighted by Gasteiger charge is -2.16. The number of ether oxygens (including phenoxy) is 1. The van der Waals surface area contributed by atoms with E-state index in [9.17, 15) is 9.59 Å². The second-order valence-corrected chi connectivity index (χ2v) is 5.77. The molecule has 0 aliphatic rings. The number of carbonyl (C=O) groups is 2. The van der Waals surface area contributed by atoms with Crippen LogP contribution in [-0.2, 0) is 9.59 Å². The molecule has 126 valence electrons. The molecule has 0 saturated carbocycles. The third kappa shape index (κ3) is 4.84. The lowest BCUT2D eigenvalue weighted by molar-refractivity contribution is -0.122. The first-order chi connectivity index (χ1) is 11.3. The molecule has 5 heteroatoms. The van der Waals surface area contributed by atoms with E-state index in [1.165, 1.54) is 6.92 Å². The van der Waals surface area contributed by atoms with Gasteiger partial charge in [0, 0.05) is 18.3 Å². The zero-order chi connectivity index (χ0) is 17.7. The van der Waals surface area contributed by atoms with E-state index >= 15 is 0 Å². The van der Waals surface area contributed by atoms with Crippen LogP contribution < -0.4 is 15.4 Å². The minimum atomic E-state index is -0.642. The van der Waals surface area contributed by atoms with Crippen LogP contribution in [0.5, 0.6) is 5.75 Å². The number of rotatable bonds is 5. The fourth-order valence-corrected chi connectivity index (χ4v) is 2.18. The van der Waals surface area contributed by atoms with Gasteiger partial charge in [-0.15, -0.1) is 0 Å². The van der Waals surface area contributed by atoms with E-state index < -0.39 is 6.10 Å². The molecule has 0 saturated heterocycles. The quantitative estimate of drug-likeness (QED) is 0.881. The molecule has 0 radical (unpaired) electrons. The molecular weight excluding hydrogens is 304 g/mol. The number of nitrogens with one attached hydrogen (secondary N) is 2. The number of amides is 2. The maximum atomic E-state index is 12.3. The molecule has 0 aliphatic heterocycles. The first-order valence-corrected chi connectivity index (χ1v) is 7.77. The van der Waals surface area contributed by atoms with Crippen molar-refractivity contribution >= 4 is 23.2 Å². The summed E-state index contributed by atoms with van der Waals surface area (Å²) in [6, 6.07) is 12.8. The Morgan fingerprint density at radius 2 is 1.67 bits per heavy atom. The van der Waals surface area contributed by atoms with Crippen LogP contribution in [-0.4, -0.2) is 17.9 Å². The number of hydrogen-bond donors (Lipinski definition) is 2. The molecule has 2 aromatic carbocycles. The highest BCUT2D eigenvalue weighted by Gasteiger charge is 2.15. The Balaban J connectivity index is 1.98. The molecule has 5 nitrogen and oxygen atoms in total. The molecule has 0 aliphatic carbocycles. The van der Waals surface area contributed by atoms with Gasteiger partial charge in [-0.2, -0.15) is 0 Å². The van der Waals surface area contributed by atoms with Gasteiger partial charge < -0.3 is 15.4 Å². The zero-order valence-electron chi connectivity index (χ0n) is 14.3.